The smallest absolute Gasteiger partial charge is 0.257 e. The molecule has 0 fully saturated rings. The molecule has 0 radical (unpaired) electrons. The van der Waals surface area contributed by atoms with Gasteiger partial charge in [-0.1, -0.05) is 18.2 Å². The lowest BCUT2D eigenvalue weighted by molar-refractivity contribution is 0.102. The third-order valence-corrected chi connectivity index (χ3v) is 4.16. The SMILES string of the molecule is COc1cc(N)ccc1NC(=O)c1csc2ccccc12. The molecule has 4 nitrogen and oxygen atoms in total. The summed E-state index contributed by atoms with van der Waals surface area (Å²) in [5.41, 5.74) is 7.57. The Morgan fingerprint density at radius 2 is 2.05 bits per heavy atom. The lowest BCUT2D eigenvalue weighted by Gasteiger charge is -2.10. The number of rotatable bonds is 3. The van der Waals surface area contributed by atoms with Crippen LogP contribution in [-0.4, -0.2) is 13.0 Å². The molecule has 3 aromatic rings. The second-order valence-electron chi connectivity index (χ2n) is 4.56. The van der Waals surface area contributed by atoms with Gasteiger partial charge in [0.25, 0.3) is 5.91 Å². The quantitative estimate of drug-likeness (QED) is 0.724. The molecule has 0 aliphatic heterocycles. The monoisotopic (exact) mass is 298 g/mol. The number of fused-ring (bicyclic) bond motifs is 1. The van der Waals surface area contributed by atoms with Crippen molar-refractivity contribution in [3.63, 3.8) is 0 Å². The molecule has 5 heteroatoms. The first-order valence-corrected chi connectivity index (χ1v) is 7.28. The van der Waals surface area contributed by atoms with Crippen LogP contribution in [0.1, 0.15) is 10.4 Å². The van der Waals surface area contributed by atoms with Gasteiger partial charge in [-0.15, -0.1) is 11.3 Å². The van der Waals surface area contributed by atoms with E-state index in [0.29, 0.717) is 22.7 Å². The lowest BCUT2D eigenvalue weighted by atomic mass is 10.1. The number of benzene rings is 2. The summed E-state index contributed by atoms with van der Waals surface area (Å²) in [7, 11) is 1.55. The van der Waals surface area contributed by atoms with E-state index in [0.717, 1.165) is 10.1 Å². The molecule has 0 aliphatic rings. The van der Waals surface area contributed by atoms with Gasteiger partial charge in [-0.25, -0.2) is 0 Å². The number of carbonyl (C=O) groups excluding carboxylic acids is 1. The standard InChI is InChI=1S/C16H14N2O2S/c1-20-14-8-10(17)6-7-13(14)18-16(19)12-9-21-15-5-3-2-4-11(12)15/h2-9H,17H2,1H3,(H,18,19). The van der Waals surface area contributed by atoms with Gasteiger partial charge in [-0.3, -0.25) is 4.79 Å². The first-order chi connectivity index (χ1) is 10.2. The minimum Gasteiger partial charge on any atom is -0.494 e. The molecule has 0 aliphatic carbocycles. The second kappa shape index (κ2) is 5.46. The zero-order valence-corrected chi connectivity index (χ0v) is 12.2. The molecular formula is C16H14N2O2S. The second-order valence-corrected chi connectivity index (χ2v) is 5.47. The summed E-state index contributed by atoms with van der Waals surface area (Å²) in [6.45, 7) is 0. The van der Waals surface area contributed by atoms with Crippen LogP contribution in [0.15, 0.2) is 47.8 Å². The maximum atomic E-state index is 12.5. The number of methoxy groups -OCH3 is 1. The zero-order valence-electron chi connectivity index (χ0n) is 11.4. The van der Waals surface area contributed by atoms with Crippen LogP contribution in [0.4, 0.5) is 11.4 Å². The van der Waals surface area contributed by atoms with Crippen molar-refractivity contribution in [3.05, 3.63) is 53.4 Å². The van der Waals surface area contributed by atoms with Crippen molar-refractivity contribution in [1.29, 1.82) is 0 Å². The summed E-state index contributed by atoms with van der Waals surface area (Å²) in [4.78, 5) is 12.5. The van der Waals surface area contributed by atoms with E-state index in [-0.39, 0.29) is 5.91 Å². The minimum atomic E-state index is -0.157. The van der Waals surface area contributed by atoms with E-state index in [1.165, 1.54) is 0 Å². The highest BCUT2D eigenvalue weighted by Crippen LogP contribution is 2.29. The fourth-order valence-electron chi connectivity index (χ4n) is 2.15. The first-order valence-electron chi connectivity index (χ1n) is 6.40. The number of anilines is 2. The van der Waals surface area contributed by atoms with Gasteiger partial charge in [-0.2, -0.15) is 0 Å². The molecule has 21 heavy (non-hydrogen) atoms. The fraction of sp³-hybridized carbons (Fsp3) is 0.0625. The number of ether oxygens (including phenoxy) is 1. The van der Waals surface area contributed by atoms with Crippen molar-refractivity contribution in [2.75, 3.05) is 18.2 Å². The van der Waals surface area contributed by atoms with E-state index in [1.807, 2.05) is 29.6 Å². The molecule has 0 bridgehead atoms. The zero-order chi connectivity index (χ0) is 14.8. The Morgan fingerprint density at radius 1 is 1.24 bits per heavy atom. The summed E-state index contributed by atoms with van der Waals surface area (Å²) in [5.74, 6) is 0.387. The molecule has 2 aromatic carbocycles. The Morgan fingerprint density at radius 3 is 2.86 bits per heavy atom. The average Bonchev–Trinajstić information content (AvgIpc) is 2.93. The Kier molecular flexibility index (Phi) is 3.50. The molecule has 0 saturated carbocycles. The van der Waals surface area contributed by atoms with Crippen LogP contribution >= 0.6 is 11.3 Å². The van der Waals surface area contributed by atoms with E-state index in [4.69, 9.17) is 10.5 Å². The number of amides is 1. The fourth-order valence-corrected chi connectivity index (χ4v) is 3.10. The van der Waals surface area contributed by atoms with Crippen LogP contribution in [0.5, 0.6) is 5.75 Å². The van der Waals surface area contributed by atoms with E-state index < -0.39 is 0 Å². The van der Waals surface area contributed by atoms with Crippen molar-refractivity contribution in [3.8, 4) is 5.75 Å². The lowest BCUT2D eigenvalue weighted by Crippen LogP contribution is -2.12. The van der Waals surface area contributed by atoms with E-state index >= 15 is 0 Å². The summed E-state index contributed by atoms with van der Waals surface area (Å²) in [6, 6.07) is 13.0. The average molecular weight is 298 g/mol. The largest absolute Gasteiger partial charge is 0.494 e. The van der Waals surface area contributed by atoms with Crippen LogP contribution in [0.3, 0.4) is 0 Å². The maximum Gasteiger partial charge on any atom is 0.257 e. The van der Waals surface area contributed by atoms with Gasteiger partial charge in [0, 0.05) is 27.2 Å². The topological polar surface area (TPSA) is 64.3 Å². The van der Waals surface area contributed by atoms with Crippen molar-refractivity contribution in [2.24, 2.45) is 0 Å². The van der Waals surface area contributed by atoms with Crippen LogP contribution < -0.4 is 15.8 Å². The summed E-state index contributed by atoms with van der Waals surface area (Å²) < 4.78 is 6.33. The molecule has 3 rings (SSSR count). The number of carbonyl (C=O) groups is 1. The van der Waals surface area contributed by atoms with Crippen molar-refractivity contribution < 1.29 is 9.53 Å². The van der Waals surface area contributed by atoms with Gasteiger partial charge in [0.15, 0.2) is 0 Å². The van der Waals surface area contributed by atoms with Crippen molar-refractivity contribution >= 4 is 38.7 Å². The highest BCUT2D eigenvalue weighted by atomic mass is 32.1. The molecule has 1 aromatic heterocycles. The van der Waals surface area contributed by atoms with E-state index in [1.54, 1.807) is 36.6 Å². The molecule has 0 atom stereocenters. The molecule has 1 amide bonds. The number of hydrogen-bond donors (Lipinski definition) is 2. The number of nitrogens with two attached hydrogens (primary N) is 1. The van der Waals surface area contributed by atoms with Gasteiger partial charge < -0.3 is 15.8 Å². The van der Waals surface area contributed by atoms with Crippen molar-refractivity contribution in [1.82, 2.24) is 0 Å². The van der Waals surface area contributed by atoms with Gasteiger partial charge in [0.05, 0.1) is 18.4 Å². The van der Waals surface area contributed by atoms with Crippen LogP contribution in [0, 0.1) is 0 Å². The van der Waals surface area contributed by atoms with Gasteiger partial charge >= 0.3 is 0 Å². The summed E-state index contributed by atoms with van der Waals surface area (Å²) in [6.07, 6.45) is 0. The van der Waals surface area contributed by atoms with Crippen LogP contribution in [0.2, 0.25) is 0 Å². The Hall–Kier alpha value is -2.53. The van der Waals surface area contributed by atoms with Crippen molar-refractivity contribution in [2.45, 2.75) is 0 Å². The summed E-state index contributed by atoms with van der Waals surface area (Å²) in [5, 5.41) is 5.69. The number of nitrogens with one attached hydrogen (secondary N) is 1. The van der Waals surface area contributed by atoms with E-state index in [2.05, 4.69) is 5.32 Å². The van der Waals surface area contributed by atoms with Gasteiger partial charge in [0.1, 0.15) is 5.75 Å². The summed E-state index contributed by atoms with van der Waals surface area (Å²) >= 11 is 1.55. The van der Waals surface area contributed by atoms with E-state index in [9.17, 15) is 4.79 Å². The molecule has 0 saturated heterocycles. The molecule has 106 valence electrons. The normalized spacial score (nSPS) is 10.5. The first kappa shape index (κ1) is 13.5. The van der Waals surface area contributed by atoms with Crippen LogP contribution in [-0.2, 0) is 0 Å². The van der Waals surface area contributed by atoms with Gasteiger partial charge in [-0.05, 0) is 18.2 Å². The maximum absolute atomic E-state index is 12.5. The molecule has 0 spiro atoms. The predicted octanol–water partition coefficient (Wildman–Crippen LogP) is 3.74. The molecule has 3 N–H and O–H groups in total. The minimum absolute atomic E-state index is 0.157. The number of hydrogen-bond acceptors (Lipinski definition) is 4. The Labute approximate surface area is 126 Å². The highest BCUT2D eigenvalue weighted by molar-refractivity contribution is 7.17. The predicted molar refractivity (Wildman–Crippen MR) is 87.2 cm³/mol. The molecule has 1 heterocycles. The Bertz CT molecular complexity index is 811. The molecule has 0 unspecified atom stereocenters. The molecular weight excluding hydrogens is 284 g/mol. The highest BCUT2D eigenvalue weighted by Gasteiger charge is 2.14. The number of nitrogen functional groups attached to an aromatic ring is 1. The van der Waals surface area contributed by atoms with Gasteiger partial charge in [0.2, 0.25) is 0 Å². The Balaban J connectivity index is 1.93. The van der Waals surface area contributed by atoms with Crippen LogP contribution in [0.25, 0.3) is 10.1 Å². The third-order valence-electron chi connectivity index (χ3n) is 3.20. The third kappa shape index (κ3) is 2.55. The number of thiophene rings is 1.